The van der Waals surface area contributed by atoms with E-state index >= 15 is 0 Å². The highest BCUT2D eigenvalue weighted by Gasteiger charge is 2.06. The lowest BCUT2D eigenvalue weighted by atomic mass is 10.1. The van der Waals surface area contributed by atoms with Crippen molar-refractivity contribution < 1.29 is 0 Å². The monoisotopic (exact) mass is 260 g/mol. The molecule has 0 saturated carbocycles. The summed E-state index contributed by atoms with van der Waals surface area (Å²) in [6.45, 7) is 2.09. The summed E-state index contributed by atoms with van der Waals surface area (Å²) in [5, 5.41) is 4.30. The van der Waals surface area contributed by atoms with Crippen LogP contribution in [0.5, 0.6) is 0 Å². The van der Waals surface area contributed by atoms with Gasteiger partial charge >= 0.3 is 0 Å². The zero-order chi connectivity index (χ0) is 13.0. The summed E-state index contributed by atoms with van der Waals surface area (Å²) in [6.07, 6.45) is 3.57. The van der Waals surface area contributed by atoms with Crippen molar-refractivity contribution in [3.8, 4) is 0 Å². The molecule has 94 valence electrons. The molecule has 0 bridgehead atoms. The number of nitrogens with one attached hydrogen (secondary N) is 1. The Bertz CT molecular complexity index is 513. The Hall–Kier alpha value is -1.75. The topological polar surface area (TPSA) is 63.8 Å². The lowest BCUT2D eigenvalue weighted by Crippen LogP contribution is -2.08. The minimum atomic E-state index is 0.176. The maximum Gasteiger partial charge on any atom is 0.130 e. The molecule has 4 nitrogen and oxygen atoms in total. The van der Waals surface area contributed by atoms with Gasteiger partial charge in [0.2, 0.25) is 0 Å². The van der Waals surface area contributed by atoms with Gasteiger partial charge in [0, 0.05) is 17.8 Å². The minimum Gasteiger partial charge on any atom is -0.399 e. The number of nitrogen functional groups attached to an aromatic ring is 1. The van der Waals surface area contributed by atoms with Crippen LogP contribution in [0.15, 0.2) is 41.7 Å². The molecule has 2 aromatic rings. The molecule has 18 heavy (non-hydrogen) atoms. The number of rotatable bonds is 4. The van der Waals surface area contributed by atoms with Gasteiger partial charge in [-0.15, -0.1) is 11.8 Å². The van der Waals surface area contributed by atoms with E-state index < -0.39 is 0 Å². The second-order valence-electron chi connectivity index (χ2n) is 3.98. The largest absolute Gasteiger partial charge is 0.399 e. The highest BCUT2D eigenvalue weighted by molar-refractivity contribution is 7.98. The summed E-state index contributed by atoms with van der Waals surface area (Å²) < 4.78 is 0. The van der Waals surface area contributed by atoms with Gasteiger partial charge in [-0.1, -0.05) is 12.1 Å². The third-order valence-corrected chi connectivity index (χ3v) is 3.29. The average Bonchev–Trinajstić information content (AvgIpc) is 2.39. The maximum absolute atomic E-state index is 5.67. The minimum absolute atomic E-state index is 0.176. The van der Waals surface area contributed by atoms with Gasteiger partial charge in [0.05, 0.1) is 0 Å². The summed E-state index contributed by atoms with van der Waals surface area (Å²) in [5.74, 6) is 0.832. The normalized spacial score (nSPS) is 12.1. The van der Waals surface area contributed by atoms with Crippen LogP contribution in [0.4, 0.5) is 11.5 Å². The molecule has 0 spiro atoms. The number of benzene rings is 1. The first-order valence-electron chi connectivity index (χ1n) is 5.67. The number of thioether (sulfide) groups is 1. The Morgan fingerprint density at radius 1 is 1.22 bits per heavy atom. The number of hydrogen-bond donors (Lipinski definition) is 2. The van der Waals surface area contributed by atoms with Crippen molar-refractivity contribution in [2.24, 2.45) is 0 Å². The number of nitrogens with zero attached hydrogens (tertiary/aromatic N) is 2. The molecule has 1 aromatic carbocycles. The fourth-order valence-electron chi connectivity index (χ4n) is 1.62. The molecule has 0 amide bonds. The fourth-order valence-corrected chi connectivity index (χ4v) is 2.00. The average molecular weight is 260 g/mol. The molecule has 2 rings (SSSR count). The smallest absolute Gasteiger partial charge is 0.130 e. The molecule has 1 unspecified atom stereocenters. The second kappa shape index (κ2) is 5.73. The van der Waals surface area contributed by atoms with Crippen molar-refractivity contribution in [1.29, 1.82) is 0 Å². The van der Waals surface area contributed by atoms with Gasteiger partial charge in [0.15, 0.2) is 0 Å². The summed E-state index contributed by atoms with van der Waals surface area (Å²) in [4.78, 5) is 8.35. The summed E-state index contributed by atoms with van der Waals surface area (Å²) in [5.41, 5.74) is 7.62. The third kappa shape index (κ3) is 3.13. The first kappa shape index (κ1) is 12.7. The van der Waals surface area contributed by atoms with Crippen LogP contribution in [0.25, 0.3) is 0 Å². The predicted octanol–water partition coefficient (Wildman–Crippen LogP) is 2.95. The van der Waals surface area contributed by atoms with Crippen molar-refractivity contribution in [1.82, 2.24) is 9.97 Å². The molecule has 0 aliphatic carbocycles. The third-order valence-electron chi connectivity index (χ3n) is 2.65. The van der Waals surface area contributed by atoms with Crippen LogP contribution in [0, 0.1) is 0 Å². The number of anilines is 2. The van der Waals surface area contributed by atoms with Gasteiger partial charge in [-0.3, -0.25) is 0 Å². The van der Waals surface area contributed by atoms with Gasteiger partial charge in [-0.25, -0.2) is 9.97 Å². The zero-order valence-corrected chi connectivity index (χ0v) is 11.2. The molecule has 5 heteroatoms. The second-order valence-corrected chi connectivity index (χ2v) is 4.80. The first-order chi connectivity index (χ1) is 8.69. The van der Waals surface area contributed by atoms with E-state index in [9.17, 15) is 0 Å². The molecule has 0 saturated heterocycles. The molecule has 0 aliphatic rings. The highest BCUT2D eigenvalue weighted by Crippen LogP contribution is 2.20. The molecule has 1 atom stereocenters. The van der Waals surface area contributed by atoms with Crippen molar-refractivity contribution in [3.63, 3.8) is 0 Å². The number of hydrogen-bond acceptors (Lipinski definition) is 5. The van der Waals surface area contributed by atoms with E-state index in [1.165, 1.54) is 5.56 Å². The van der Waals surface area contributed by atoms with E-state index in [-0.39, 0.29) is 6.04 Å². The van der Waals surface area contributed by atoms with Crippen LogP contribution < -0.4 is 11.1 Å². The standard InChI is InChI=1S/C13H16N4S/c1-9(10-3-5-11(14)6-4-10)17-12-7-13(18-2)16-8-15-12/h3-9H,14H2,1-2H3,(H,15,16,17). The lowest BCUT2D eigenvalue weighted by molar-refractivity contribution is 0.867. The van der Waals surface area contributed by atoms with E-state index in [0.29, 0.717) is 0 Å². The lowest BCUT2D eigenvalue weighted by Gasteiger charge is -2.15. The van der Waals surface area contributed by atoms with Gasteiger partial charge in [0.25, 0.3) is 0 Å². The van der Waals surface area contributed by atoms with Gasteiger partial charge in [-0.05, 0) is 30.9 Å². The van der Waals surface area contributed by atoms with Crippen LogP contribution in [-0.2, 0) is 0 Å². The Kier molecular flexibility index (Phi) is 4.04. The molecule has 1 aromatic heterocycles. The van der Waals surface area contributed by atoms with Crippen molar-refractivity contribution in [2.75, 3.05) is 17.3 Å². The molecule has 3 N–H and O–H groups in total. The van der Waals surface area contributed by atoms with E-state index in [2.05, 4.69) is 22.2 Å². The van der Waals surface area contributed by atoms with Gasteiger partial charge in [0.1, 0.15) is 17.2 Å². The van der Waals surface area contributed by atoms with E-state index in [1.54, 1.807) is 18.1 Å². The van der Waals surface area contributed by atoms with Gasteiger partial charge in [-0.2, -0.15) is 0 Å². The molecular weight excluding hydrogens is 244 g/mol. The Morgan fingerprint density at radius 3 is 2.61 bits per heavy atom. The Balaban J connectivity index is 2.10. The molecule has 0 radical (unpaired) electrons. The van der Waals surface area contributed by atoms with Crippen LogP contribution in [-0.4, -0.2) is 16.2 Å². The van der Waals surface area contributed by atoms with E-state index in [4.69, 9.17) is 5.73 Å². The SMILES string of the molecule is CSc1cc(NC(C)c2ccc(N)cc2)ncn1. The fraction of sp³-hybridized carbons (Fsp3) is 0.231. The summed E-state index contributed by atoms with van der Waals surface area (Å²) in [7, 11) is 0. The molecule has 1 heterocycles. The zero-order valence-electron chi connectivity index (χ0n) is 10.4. The van der Waals surface area contributed by atoms with Crippen molar-refractivity contribution in [2.45, 2.75) is 18.0 Å². The number of nitrogens with two attached hydrogens (primary N) is 1. The maximum atomic E-state index is 5.67. The van der Waals surface area contributed by atoms with E-state index in [0.717, 1.165) is 16.5 Å². The summed E-state index contributed by atoms with van der Waals surface area (Å²) in [6, 6.07) is 9.96. The highest BCUT2D eigenvalue weighted by atomic mass is 32.2. The van der Waals surface area contributed by atoms with Gasteiger partial charge < -0.3 is 11.1 Å². The molecule has 0 aliphatic heterocycles. The van der Waals surface area contributed by atoms with Crippen LogP contribution in [0.1, 0.15) is 18.5 Å². The van der Waals surface area contributed by atoms with Crippen molar-refractivity contribution in [3.05, 3.63) is 42.2 Å². The Labute approximate surface area is 111 Å². The van der Waals surface area contributed by atoms with Crippen LogP contribution in [0.3, 0.4) is 0 Å². The quantitative estimate of drug-likeness (QED) is 0.502. The predicted molar refractivity (Wildman–Crippen MR) is 76.7 cm³/mol. The van der Waals surface area contributed by atoms with Crippen LogP contribution >= 0.6 is 11.8 Å². The molecular formula is C13H16N4S. The summed E-state index contributed by atoms with van der Waals surface area (Å²) >= 11 is 1.60. The Morgan fingerprint density at radius 2 is 1.94 bits per heavy atom. The number of aromatic nitrogens is 2. The first-order valence-corrected chi connectivity index (χ1v) is 6.89. The van der Waals surface area contributed by atoms with E-state index in [1.807, 2.05) is 36.6 Å². The van der Waals surface area contributed by atoms with Crippen molar-refractivity contribution >= 4 is 23.3 Å². The molecule has 0 fully saturated rings. The van der Waals surface area contributed by atoms with Crippen LogP contribution in [0.2, 0.25) is 0 Å².